The maximum Gasteiger partial charge on any atom is 0.274 e. The number of nitrogens with one attached hydrogen (secondary N) is 3. The molecule has 8 heteroatoms. The van der Waals surface area contributed by atoms with Crippen molar-refractivity contribution in [2.45, 2.75) is 64.8 Å². The summed E-state index contributed by atoms with van der Waals surface area (Å²) < 4.78 is 2.01. The van der Waals surface area contributed by atoms with Crippen LogP contribution in [0.15, 0.2) is 36.7 Å². The molecule has 1 aliphatic carbocycles. The van der Waals surface area contributed by atoms with E-state index in [0.717, 1.165) is 60.0 Å². The summed E-state index contributed by atoms with van der Waals surface area (Å²) in [7, 11) is 2.00. The molecule has 3 N–H and O–H groups in total. The van der Waals surface area contributed by atoms with Gasteiger partial charge in [-0.3, -0.25) is 4.79 Å². The number of rotatable bonds is 8. The maximum absolute atomic E-state index is 13.5. The van der Waals surface area contributed by atoms with Crippen LogP contribution in [0.25, 0.3) is 0 Å². The highest BCUT2D eigenvalue weighted by atomic mass is 16.1. The number of carbonyl (C=O) groups is 1. The van der Waals surface area contributed by atoms with Crippen LogP contribution in [0.4, 0.5) is 11.4 Å². The largest absolute Gasteiger partial charge is 0.382 e. The molecule has 0 atom stereocenters. The molecular formula is C29H39N7O. The van der Waals surface area contributed by atoms with Crippen LogP contribution in [0.3, 0.4) is 0 Å². The standard InChI is InChI=1S/C29H39N7O/c1-18(2)14-30-15-20-10-23(34-25-24(20)31-16-28(25,4)5)26(37)33-22-9-7-8-21(11-22)29(12-19(3)13-29)27-35-32-17-36(27)6/h7-11,17-19,30-31H,12-16H2,1-6H3,(H,33,37)/t19-,29+. The van der Waals surface area contributed by atoms with Crippen molar-refractivity contribution in [1.82, 2.24) is 25.1 Å². The summed E-state index contributed by atoms with van der Waals surface area (Å²) in [6, 6.07) is 10.1. The highest BCUT2D eigenvalue weighted by molar-refractivity contribution is 6.03. The van der Waals surface area contributed by atoms with Gasteiger partial charge in [-0.25, -0.2) is 4.98 Å². The summed E-state index contributed by atoms with van der Waals surface area (Å²) >= 11 is 0. The van der Waals surface area contributed by atoms with Gasteiger partial charge < -0.3 is 20.5 Å². The third kappa shape index (κ3) is 4.75. The molecule has 5 rings (SSSR count). The first-order chi connectivity index (χ1) is 17.6. The fourth-order valence-corrected chi connectivity index (χ4v) is 5.91. The highest BCUT2D eigenvalue weighted by Crippen LogP contribution is 2.51. The molecule has 2 aliphatic rings. The van der Waals surface area contributed by atoms with E-state index < -0.39 is 0 Å². The van der Waals surface area contributed by atoms with Crippen molar-refractivity contribution in [3.8, 4) is 0 Å². The van der Waals surface area contributed by atoms with E-state index in [2.05, 4.69) is 72.9 Å². The number of benzene rings is 1. The molecule has 1 saturated carbocycles. The van der Waals surface area contributed by atoms with Crippen LogP contribution in [-0.4, -0.2) is 38.7 Å². The molecule has 1 fully saturated rings. The number of anilines is 2. The number of aromatic nitrogens is 4. The lowest BCUT2D eigenvalue weighted by atomic mass is 9.58. The van der Waals surface area contributed by atoms with E-state index in [-0.39, 0.29) is 16.7 Å². The van der Waals surface area contributed by atoms with Crippen molar-refractivity contribution < 1.29 is 4.79 Å². The van der Waals surface area contributed by atoms with Gasteiger partial charge in [0.25, 0.3) is 5.91 Å². The smallest absolute Gasteiger partial charge is 0.274 e. The molecule has 0 bridgehead atoms. The van der Waals surface area contributed by atoms with E-state index in [4.69, 9.17) is 4.98 Å². The van der Waals surface area contributed by atoms with Gasteiger partial charge in [-0.05, 0) is 60.5 Å². The molecule has 2 aromatic heterocycles. The molecule has 0 radical (unpaired) electrons. The van der Waals surface area contributed by atoms with Gasteiger partial charge in [-0.2, -0.15) is 0 Å². The van der Waals surface area contributed by atoms with E-state index in [1.165, 1.54) is 0 Å². The van der Waals surface area contributed by atoms with E-state index in [9.17, 15) is 4.79 Å². The Hall–Kier alpha value is -3.26. The Kier molecular flexibility index (Phi) is 6.56. The van der Waals surface area contributed by atoms with Gasteiger partial charge in [-0.15, -0.1) is 10.2 Å². The molecule has 1 aliphatic heterocycles. The second kappa shape index (κ2) is 9.56. The number of nitrogens with zero attached hydrogens (tertiary/aromatic N) is 4. The zero-order chi connectivity index (χ0) is 26.4. The Labute approximate surface area is 219 Å². The van der Waals surface area contributed by atoms with E-state index in [1.807, 2.05) is 29.8 Å². The minimum Gasteiger partial charge on any atom is -0.382 e. The van der Waals surface area contributed by atoms with Crippen molar-refractivity contribution in [2.24, 2.45) is 18.9 Å². The van der Waals surface area contributed by atoms with E-state index in [1.54, 1.807) is 6.33 Å². The van der Waals surface area contributed by atoms with Gasteiger partial charge >= 0.3 is 0 Å². The van der Waals surface area contributed by atoms with Gasteiger partial charge in [0.2, 0.25) is 0 Å². The summed E-state index contributed by atoms with van der Waals surface area (Å²) in [5.74, 6) is 1.95. The zero-order valence-electron chi connectivity index (χ0n) is 22.9. The van der Waals surface area contributed by atoms with E-state index >= 15 is 0 Å². The van der Waals surface area contributed by atoms with Crippen LogP contribution in [0.5, 0.6) is 0 Å². The molecule has 0 unspecified atom stereocenters. The predicted octanol–water partition coefficient (Wildman–Crippen LogP) is 4.63. The summed E-state index contributed by atoms with van der Waals surface area (Å²) in [4.78, 5) is 18.3. The lowest BCUT2D eigenvalue weighted by Crippen LogP contribution is -2.43. The van der Waals surface area contributed by atoms with E-state index in [0.29, 0.717) is 24.1 Å². The van der Waals surface area contributed by atoms with Crippen LogP contribution in [-0.2, 0) is 24.4 Å². The molecule has 1 aromatic carbocycles. The third-order valence-electron chi connectivity index (χ3n) is 7.76. The molecule has 8 nitrogen and oxygen atoms in total. The molecule has 37 heavy (non-hydrogen) atoms. The summed E-state index contributed by atoms with van der Waals surface area (Å²) in [6.45, 7) is 13.4. The number of aryl methyl sites for hydroxylation is 1. The van der Waals surface area contributed by atoms with Gasteiger partial charge in [0.1, 0.15) is 17.8 Å². The fraction of sp³-hybridized carbons (Fsp3) is 0.517. The number of fused-ring (bicyclic) bond motifs is 1. The monoisotopic (exact) mass is 501 g/mol. The zero-order valence-corrected chi connectivity index (χ0v) is 22.9. The van der Waals surface area contributed by atoms with Crippen molar-refractivity contribution in [3.05, 3.63) is 65.0 Å². The maximum atomic E-state index is 13.5. The first kappa shape index (κ1) is 25.4. The number of amides is 1. The molecule has 196 valence electrons. The van der Waals surface area contributed by atoms with Gasteiger partial charge in [0.05, 0.1) is 16.8 Å². The molecule has 3 aromatic rings. The van der Waals surface area contributed by atoms with Gasteiger partial charge in [-0.1, -0.05) is 46.8 Å². The Balaban J connectivity index is 1.42. The van der Waals surface area contributed by atoms with Crippen molar-refractivity contribution in [1.29, 1.82) is 0 Å². The summed E-state index contributed by atoms with van der Waals surface area (Å²) in [6.07, 6.45) is 3.78. The lowest BCUT2D eigenvalue weighted by molar-refractivity contribution is 0.102. The second-order valence-corrected chi connectivity index (χ2v) is 12.0. The van der Waals surface area contributed by atoms with Crippen LogP contribution >= 0.6 is 0 Å². The van der Waals surface area contributed by atoms with Crippen molar-refractivity contribution in [2.75, 3.05) is 23.7 Å². The molecule has 1 amide bonds. The normalized spacial score (nSPS) is 21.9. The topological polar surface area (TPSA) is 96.8 Å². The fourth-order valence-electron chi connectivity index (χ4n) is 5.91. The van der Waals surface area contributed by atoms with Gasteiger partial charge in [0, 0.05) is 31.2 Å². The minimum atomic E-state index is -0.192. The molecule has 0 spiro atoms. The Bertz CT molecular complexity index is 1300. The SMILES string of the molecule is CC(C)CNCc1cc(C(=O)Nc2cccc([C@]3(c4nncn4C)C[C@@H](C)C3)c2)nc2c1NCC2(C)C. The predicted molar refractivity (Wildman–Crippen MR) is 147 cm³/mol. The lowest BCUT2D eigenvalue weighted by Gasteiger charge is -2.46. The third-order valence-corrected chi connectivity index (χ3v) is 7.76. The van der Waals surface area contributed by atoms with Gasteiger partial charge in [0.15, 0.2) is 0 Å². The highest BCUT2D eigenvalue weighted by Gasteiger charge is 2.48. The molecular weight excluding hydrogens is 462 g/mol. The second-order valence-electron chi connectivity index (χ2n) is 12.0. The Morgan fingerprint density at radius 3 is 2.70 bits per heavy atom. The summed E-state index contributed by atoms with van der Waals surface area (Å²) in [5.41, 5.74) is 5.16. The molecule has 0 saturated heterocycles. The first-order valence-electron chi connectivity index (χ1n) is 13.3. The summed E-state index contributed by atoms with van der Waals surface area (Å²) in [5, 5.41) is 18.8. The first-order valence-corrected chi connectivity index (χ1v) is 13.3. The Morgan fingerprint density at radius 2 is 2.03 bits per heavy atom. The average Bonchev–Trinajstić information content (AvgIpc) is 3.39. The van der Waals surface area contributed by atoms with Crippen LogP contribution in [0.1, 0.15) is 80.6 Å². The van der Waals surface area contributed by atoms with Crippen LogP contribution in [0, 0.1) is 11.8 Å². The van der Waals surface area contributed by atoms with Crippen molar-refractivity contribution in [3.63, 3.8) is 0 Å². The number of hydrogen-bond acceptors (Lipinski definition) is 6. The minimum absolute atomic E-state index is 0.137. The number of hydrogen-bond donors (Lipinski definition) is 3. The number of pyridine rings is 1. The molecule has 3 heterocycles. The Morgan fingerprint density at radius 1 is 1.24 bits per heavy atom. The van der Waals surface area contributed by atoms with Crippen molar-refractivity contribution >= 4 is 17.3 Å². The average molecular weight is 502 g/mol. The quantitative estimate of drug-likeness (QED) is 0.417. The van der Waals surface area contributed by atoms with Crippen LogP contribution in [0.2, 0.25) is 0 Å². The number of carbonyl (C=O) groups excluding carboxylic acids is 1. The van der Waals surface area contributed by atoms with Crippen LogP contribution < -0.4 is 16.0 Å².